The fourth-order valence-corrected chi connectivity index (χ4v) is 7.03. The molecule has 0 spiro atoms. The number of benzene rings is 4. The van der Waals surface area contributed by atoms with E-state index in [0.29, 0.717) is 0 Å². The minimum Gasteiger partial charge on any atom is -0.265 e. The van der Waals surface area contributed by atoms with Crippen molar-refractivity contribution in [3.05, 3.63) is 205 Å². The number of aryl methyl sites for hydroxylation is 2. The van der Waals surface area contributed by atoms with Crippen LogP contribution in [0.25, 0.3) is 0 Å². The van der Waals surface area contributed by atoms with Gasteiger partial charge in [0.25, 0.3) is 0 Å². The molecule has 0 fully saturated rings. The van der Waals surface area contributed by atoms with Crippen LogP contribution in [0.2, 0.25) is 0 Å². The molecule has 82 heavy (non-hydrogen) atoms. The van der Waals surface area contributed by atoms with E-state index in [2.05, 4.69) is 34.9 Å². The summed E-state index contributed by atoms with van der Waals surface area (Å²) in [5.41, 5.74) is -30.2. The topological polar surface area (TPSA) is 108 Å². The normalized spacial score (nSPS) is 11.9. The van der Waals surface area contributed by atoms with Crippen molar-refractivity contribution in [2.45, 2.75) is 49.4 Å². The van der Waals surface area contributed by atoms with E-state index in [9.17, 15) is 105 Å². The molecule has 0 atom stereocenters. The number of halogens is 24. The third-order valence-electron chi connectivity index (χ3n) is 10.3. The minimum absolute atomic E-state index is 0. The number of nitrogens with zero attached hydrogens (tertiary/aromatic N) is 5. The summed E-state index contributed by atoms with van der Waals surface area (Å²) in [5, 5.41) is 0. The van der Waals surface area contributed by atoms with Crippen molar-refractivity contribution in [3.63, 3.8) is 0 Å². The van der Waals surface area contributed by atoms with Crippen molar-refractivity contribution < 1.29 is 140 Å². The molecule has 1 radical (unpaired) electrons. The van der Waals surface area contributed by atoms with Gasteiger partial charge in [0.05, 0.1) is 57.2 Å². The van der Waals surface area contributed by atoms with Gasteiger partial charge in [0.15, 0.2) is 0 Å². The maximum Gasteiger partial charge on any atom is 0.0267 e. The Morgan fingerprint density at radius 3 is 0.573 bits per heavy atom. The van der Waals surface area contributed by atoms with E-state index >= 15 is 0 Å². The molecule has 0 unspecified atom stereocenters. The van der Waals surface area contributed by atoms with Gasteiger partial charge in [0, 0.05) is 71.7 Å². The SMILES string of the molecule is Cn1ccnc1.Cn1ccnc1.FC(F)(F)c1cc([B-](c2cc(C(F)(F)F)cc(C(F)(F)F)c2)(c2cc(C(F)(F)F)cc(C(F)(F)F)c2)c2cc(C(F)(F)F)cc(C(F)(F)F)c2)cc(C(F)(F)F)c1.[C-]#[O+].[C-]#[O+].[C-]#[O+].[Re].c1ccncc1. The number of alkyl halides is 24. The quantitative estimate of drug-likeness (QED) is 0.0758. The molecule has 3 heterocycles. The van der Waals surface area contributed by atoms with Crippen molar-refractivity contribution in [1.29, 1.82) is 0 Å². The molecule has 0 saturated carbocycles. The molecule has 34 heteroatoms. The number of rotatable bonds is 4. The summed E-state index contributed by atoms with van der Waals surface area (Å²) in [5.74, 6) is 0. The van der Waals surface area contributed by atoms with Gasteiger partial charge in [-0.15, -0.1) is 0 Å². The number of hydrogen-bond donors (Lipinski definition) is 0. The van der Waals surface area contributed by atoms with E-state index < -0.39 is 195 Å². The molecule has 7 aromatic rings. The molecule has 8 nitrogen and oxygen atoms in total. The Morgan fingerprint density at radius 2 is 0.488 bits per heavy atom. The Hall–Kier alpha value is -7.28. The van der Waals surface area contributed by atoms with E-state index in [0.717, 1.165) is 0 Å². The van der Waals surface area contributed by atoms with Crippen molar-refractivity contribution in [3.8, 4) is 0 Å². The smallest absolute Gasteiger partial charge is 0.0267 e. The molecule has 0 bridgehead atoms. The minimum atomic E-state index is -6.13. The van der Waals surface area contributed by atoms with Gasteiger partial charge < -0.3 is 9.13 Å². The predicted octanol–water partition coefficient (Wildman–Crippen LogP) is 13.0. The zero-order chi connectivity index (χ0) is 63.0. The molecule has 7 rings (SSSR count). The van der Waals surface area contributed by atoms with Gasteiger partial charge in [-0.05, 0) is 36.4 Å². The fourth-order valence-electron chi connectivity index (χ4n) is 7.03. The number of hydrogen-bond acceptors (Lipinski definition) is 3. The monoisotopic (exact) mass is 1380 g/mol. The van der Waals surface area contributed by atoms with Crippen LogP contribution < -0.4 is 21.9 Å². The summed E-state index contributed by atoms with van der Waals surface area (Å²) >= 11 is 0. The molecular formula is C48H29BF24N5O3Re-. The first-order chi connectivity index (χ1) is 37.0. The maximum atomic E-state index is 14.2. The Morgan fingerprint density at radius 1 is 0.305 bits per heavy atom. The van der Waals surface area contributed by atoms with Crippen molar-refractivity contribution >= 4 is 28.0 Å². The molecule has 0 aliphatic heterocycles. The van der Waals surface area contributed by atoms with Gasteiger partial charge in [-0.2, -0.15) is 127 Å². The van der Waals surface area contributed by atoms with Crippen LogP contribution in [0.5, 0.6) is 0 Å². The second-order valence-corrected chi connectivity index (χ2v) is 15.7. The molecule has 4 aromatic carbocycles. The van der Waals surface area contributed by atoms with Crippen LogP contribution >= 0.6 is 0 Å². The number of aromatic nitrogens is 5. The first kappa shape index (κ1) is 74.7. The largest absolute Gasteiger partial charge is 0.265 e. The predicted molar refractivity (Wildman–Crippen MR) is 233 cm³/mol. The number of imidazole rings is 2. The Labute approximate surface area is 459 Å². The summed E-state index contributed by atoms with van der Waals surface area (Å²) in [6.07, 6.45) is -40.5. The summed E-state index contributed by atoms with van der Waals surface area (Å²) in [7, 11) is 3.88. The Kier molecular flexibility index (Phi) is 27.0. The standard InChI is InChI=1S/C32H12BF24.C5H5N.2C4H6N2.3CO.Re/c34-25(35,36)13-1-14(26(37,38)39)6-21(5-13)33(22-7-15(27(40,41)42)2-16(8-22)28(43,44)45,23-9-17(29(46,47)48)3-18(10-23)30(49,50)51)24-11-19(31(52,53)54)4-20(12-24)32(55,56)57;1-2-4-6-5-3-1;2*1-6-3-2-5-4-6;3*1-2;/h1-12H;1-5H;2*2-4H,1H3;;;;/q-1;;;;;;;. The fraction of sp³-hybridized carbons (Fsp3) is 0.208. The van der Waals surface area contributed by atoms with Crippen molar-refractivity contribution in [2.24, 2.45) is 14.1 Å². The van der Waals surface area contributed by atoms with Gasteiger partial charge in [0.2, 0.25) is 0 Å². The summed E-state index contributed by atoms with van der Waals surface area (Å²) in [6.45, 7) is 13.5. The summed E-state index contributed by atoms with van der Waals surface area (Å²) < 4.78 is 367. The van der Waals surface area contributed by atoms with Crippen LogP contribution in [0, 0.1) is 20.0 Å². The summed E-state index contributed by atoms with van der Waals surface area (Å²) in [6, 6.07) is -3.10. The molecule has 3 aromatic heterocycles. The van der Waals surface area contributed by atoms with Crippen LogP contribution in [0.1, 0.15) is 44.5 Å². The van der Waals surface area contributed by atoms with E-state index in [-0.39, 0.29) is 20.4 Å². The average molecular weight is 1380 g/mol. The molecule has 0 saturated heterocycles. The van der Waals surface area contributed by atoms with Gasteiger partial charge >= 0.3 is 83.3 Å². The molecular weight excluding hydrogens is 1350 g/mol. The molecule has 0 aliphatic carbocycles. The van der Waals surface area contributed by atoms with E-state index in [4.69, 9.17) is 14.0 Å². The third-order valence-corrected chi connectivity index (χ3v) is 10.3. The second-order valence-electron chi connectivity index (χ2n) is 15.7. The van der Waals surface area contributed by atoms with E-state index in [1.165, 1.54) is 0 Å². The second kappa shape index (κ2) is 29.6. The zero-order valence-electron chi connectivity index (χ0n) is 40.3. The molecule has 0 aliphatic rings. The molecule has 0 N–H and O–H groups in total. The molecule has 443 valence electrons. The number of pyridine rings is 1. The first-order valence-electron chi connectivity index (χ1n) is 20.7. The van der Waals surface area contributed by atoms with Crippen LogP contribution in [-0.4, -0.2) is 30.2 Å². The van der Waals surface area contributed by atoms with Crippen molar-refractivity contribution in [2.75, 3.05) is 0 Å². The van der Waals surface area contributed by atoms with Crippen LogP contribution in [0.3, 0.4) is 0 Å². The maximum absolute atomic E-state index is 14.2. The zero-order valence-corrected chi connectivity index (χ0v) is 43.0. The van der Waals surface area contributed by atoms with E-state index in [1.54, 1.807) is 37.4 Å². The van der Waals surface area contributed by atoms with Crippen molar-refractivity contribution in [1.82, 2.24) is 24.1 Å². The third kappa shape index (κ3) is 21.2. The molecule has 0 amide bonds. The first-order valence-corrected chi connectivity index (χ1v) is 20.7. The van der Waals surface area contributed by atoms with Crippen LogP contribution in [-0.2, 0) is 97.9 Å². The van der Waals surface area contributed by atoms with Gasteiger partial charge in [-0.25, -0.2) is 9.97 Å². The van der Waals surface area contributed by atoms with Gasteiger partial charge in [-0.1, -0.05) is 54.6 Å². The van der Waals surface area contributed by atoms with Crippen LogP contribution in [0.4, 0.5) is 105 Å². The van der Waals surface area contributed by atoms with Gasteiger partial charge in [-0.3, -0.25) is 4.98 Å². The van der Waals surface area contributed by atoms with E-state index in [1.807, 2.05) is 53.8 Å². The Bertz CT molecular complexity index is 2620. The van der Waals surface area contributed by atoms with Crippen LogP contribution in [0.15, 0.2) is 141 Å². The Balaban J connectivity index is 0.00000217. The van der Waals surface area contributed by atoms with Gasteiger partial charge in [0.1, 0.15) is 6.15 Å². The average Bonchev–Trinajstić information content (AvgIpc) is 4.08. The summed E-state index contributed by atoms with van der Waals surface area (Å²) in [4.78, 5) is 11.4.